The molecule has 0 bridgehead atoms. The Labute approximate surface area is 120 Å². The summed E-state index contributed by atoms with van der Waals surface area (Å²) in [7, 11) is 1.42. The summed E-state index contributed by atoms with van der Waals surface area (Å²) < 4.78 is 18.7. The minimum absolute atomic E-state index is 0.0205. The molecule has 0 unspecified atom stereocenters. The lowest BCUT2D eigenvalue weighted by molar-refractivity contribution is 0.102. The van der Waals surface area contributed by atoms with E-state index in [9.17, 15) is 9.18 Å². The average Bonchev–Trinajstić information content (AvgIpc) is 2.42. The van der Waals surface area contributed by atoms with Crippen LogP contribution in [-0.2, 0) is 0 Å². The third-order valence-corrected chi connectivity index (χ3v) is 2.92. The van der Waals surface area contributed by atoms with Gasteiger partial charge in [-0.05, 0) is 30.3 Å². The van der Waals surface area contributed by atoms with Crippen LogP contribution in [0.15, 0.2) is 36.4 Å². The van der Waals surface area contributed by atoms with Crippen molar-refractivity contribution in [1.29, 1.82) is 0 Å². The molecule has 0 radical (unpaired) electrons. The molecule has 4 nitrogen and oxygen atoms in total. The first kappa shape index (κ1) is 14.1. The number of carbonyl (C=O) groups excluding carboxylic acids is 1. The zero-order valence-electron chi connectivity index (χ0n) is 10.6. The predicted octanol–water partition coefficient (Wildman–Crippen LogP) is 3.32. The van der Waals surface area contributed by atoms with Crippen LogP contribution < -0.4 is 15.8 Å². The van der Waals surface area contributed by atoms with E-state index < -0.39 is 11.7 Å². The van der Waals surface area contributed by atoms with Crippen molar-refractivity contribution in [3.63, 3.8) is 0 Å². The topological polar surface area (TPSA) is 64.3 Å². The maximum atomic E-state index is 13.6. The second-order valence-electron chi connectivity index (χ2n) is 4.00. The Morgan fingerprint density at radius 1 is 1.35 bits per heavy atom. The third kappa shape index (κ3) is 2.83. The minimum Gasteiger partial charge on any atom is -0.496 e. The second-order valence-corrected chi connectivity index (χ2v) is 4.44. The van der Waals surface area contributed by atoms with Crippen molar-refractivity contribution in [3.8, 4) is 5.75 Å². The molecule has 0 heterocycles. The molecule has 0 aliphatic heterocycles. The normalized spacial score (nSPS) is 10.2. The Bertz CT molecular complexity index is 662. The van der Waals surface area contributed by atoms with Gasteiger partial charge in [0.25, 0.3) is 5.91 Å². The predicted molar refractivity (Wildman–Crippen MR) is 76.8 cm³/mol. The van der Waals surface area contributed by atoms with Gasteiger partial charge in [0.2, 0.25) is 0 Å². The summed E-state index contributed by atoms with van der Waals surface area (Å²) in [6.45, 7) is 0. The molecule has 0 fully saturated rings. The van der Waals surface area contributed by atoms with Crippen LogP contribution in [0.1, 0.15) is 10.4 Å². The van der Waals surface area contributed by atoms with Crippen LogP contribution in [-0.4, -0.2) is 13.0 Å². The highest BCUT2D eigenvalue weighted by atomic mass is 35.5. The van der Waals surface area contributed by atoms with Gasteiger partial charge in [0.05, 0.1) is 12.8 Å². The van der Waals surface area contributed by atoms with Gasteiger partial charge in [0.15, 0.2) is 0 Å². The highest BCUT2D eigenvalue weighted by molar-refractivity contribution is 6.31. The molecule has 0 saturated carbocycles. The zero-order valence-corrected chi connectivity index (χ0v) is 11.4. The number of benzene rings is 2. The number of nitrogens with two attached hydrogens (primary N) is 1. The molecular weight excluding hydrogens is 283 g/mol. The molecular formula is C14H12ClFN2O2. The Balaban J connectivity index is 2.36. The molecule has 0 aliphatic carbocycles. The molecule has 0 saturated heterocycles. The number of methoxy groups -OCH3 is 1. The SMILES string of the molecule is COc1cccc(N)c1C(=O)Nc1cc(Cl)ccc1F. The number of rotatable bonds is 3. The maximum Gasteiger partial charge on any atom is 0.261 e. The first-order valence-corrected chi connectivity index (χ1v) is 6.09. The largest absolute Gasteiger partial charge is 0.496 e. The number of halogens is 2. The number of ether oxygens (including phenoxy) is 1. The van der Waals surface area contributed by atoms with Crippen LogP contribution >= 0.6 is 11.6 Å². The van der Waals surface area contributed by atoms with Crippen LogP contribution in [0.25, 0.3) is 0 Å². The quantitative estimate of drug-likeness (QED) is 0.854. The van der Waals surface area contributed by atoms with Crippen molar-refractivity contribution in [2.24, 2.45) is 0 Å². The Morgan fingerprint density at radius 2 is 2.10 bits per heavy atom. The fourth-order valence-corrected chi connectivity index (χ4v) is 1.91. The van der Waals surface area contributed by atoms with E-state index in [1.54, 1.807) is 18.2 Å². The summed E-state index contributed by atoms with van der Waals surface area (Å²) in [5, 5.41) is 2.74. The summed E-state index contributed by atoms with van der Waals surface area (Å²) >= 11 is 5.77. The fourth-order valence-electron chi connectivity index (χ4n) is 1.74. The van der Waals surface area contributed by atoms with Crippen molar-refractivity contribution in [2.45, 2.75) is 0 Å². The number of amides is 1. The van der Waals surface area contributed by atoms with E-state index in [1.165, 1.54) is 25.3 Å². The second kappa shape index (κ2) is 5.79. The number of nitrogen functional groups attached to an aromatic ring is 1. The highest BCUT2D eigenvalue weighted by Crippen LogP contribution is 2.26. The molecule has 2 rings (SSSR count). The molecule has 0 aliphatic rings. The van der Waals surface area contributed by atoms with Crippen molar-refractivity contribution >= 4 is 28.9 Å². The van der Waals surface area contributed by atoms with E-state index in [2.05, 4.69) is 5.32 Å². The van der Waals surface area contributed by atoms with E-state index in [-0.39, 0.29) is 16.9 Å². The van der Waals surface area contributed by atoms with Gasteiger partial charge in [-0.25, -0.2) is 4.39 Å². The first-order chi connectivity index (χ1) is 9.52. The van der Waals surface area contributed by atoms with Gasteiger partial charge in [-0.15, -0.1) is 0 Å². The molecule has 1 amide bonds. The summed E-state index contributed by atoms with van der Waals surface area (Å²) in [4.78, 5) is 12.2. The van der Waals surface area contributed by atoms with E-state index in [4.69, 9.17) is 22.1 Å². The summed E-state index contributed by atoms with van der Waals surface area (Å²) in [5.74, 6) is -0.845. The van der Waals surface area contributed by atoms with Gasteiger partial charge >= 0.3 is 0 Å². The van der Waals surface area contributed by atoms with Crippen LogP contribution in [0.5, 0.6) is 5.75 Å². The molecule has 2 aromatic rings. The van der Waals surface area contributed by atoms with Gasteiger partial charge in [-0.3, -0.25) is 4.79 Å². The number of nitrogens with one attached hydrogen (secondary N) is 1. The molecule has 6 heteroatoms. The molecule has 2 aromatic carbocycles. The highest BCUT2D eigenvalue weighted by Gasteiger charge is 2.17. The lowest BCUT2D eigenvalue weighted by Gasteiger charge is -2.12. The average molecular weight is 295 g/mol. The Kier molecular flexibility index (Phi) is 4.10. The van der Waals surface area contributed by atoms with Gasteiger partial charge in [0, 0.05) is 10.7 Å². The van der Waals surface area contributed by atoms with Crippen molar-refractivity contribution in [1.82, 2.24) is 0 Å². The van der Waals surface area contributed by atoms with Crippen LogP contribution in [0.2, 0.25) is 5.02 Å². The van der Waals surface area contributed by atoms with E-state index >= 15 is 0 Å². The number of hydrogen-bond donors (Lipinski definition) is 2. The molecule has 0 atom stereocenters. The standard InChI is InChI=1S/C14H12ClFN2O2/c1-20-12-4-2-3-10(17)13(12)14(19)18-11-7-8(15)5-6-9(11)16/h2-7H,17H2,1H3,(H,18,19). The molecule has 20 heavy (non-hydrogen) atoms. The monoisotopic (exact) mass is 294 g/mol. The fraction of sp³-hybridized carbons (Fsp3) is 0.0714. The lowest BCUT2D eigenvalue weighted by Crippen LogP contribution is -2.16. The number of anilines is 2. The van der Waals surface area contributed by atoms with Crippen molar-refractivity contribution < 1.29 is 13.9 Å². The molecule has 104 valence electrons. The molecule has 0 aromatic heterocycles. The molecule has 3 N–H and O–H groups in total. The molecule has 0 spiro atoms. The first-order valence-electron chi connectivity index (χ1n) is 5.72. The Morgan fingerprint density at radius 3 is 2.80 bits per heavy atom. The minimum atomic E-state index is -0.587. The van der Waals surface area contributed by atoms with Crippen LogP contribution in [0.4, 0.5) is 15.8 Å². The van der Waals surface area contributed by atoms with E-state index in [0.29, 0.717) is 10.8 Å². The number of carbonyl (C=O) groups is 1. The van der Waals surface area contributed by atoms with Crippen LogP contribution in [0.3, 0.4) is 0 Å². The van der Waals surface area contributed by atoms with E-state index in [1.807, 2.05) is 0 Å². The van der Waals surface area contributed by atoms with Gasteiger partial charge in [0.1, 0.15) is 17.1 Å². The summed E-state index contributed by atoms with van der Waals surface area (Å²) in [6.07, 6.45) is 0. The summed E-state index contributed by atoms with van der Waals surface area (Å²) in [5.41, 5.74) is 6.13. The number of hydrogen-bond acceptors (Lipinski definition) is 3. The zero-order chi connectivity index (χ0) is 14.7. The lowest BCUT2D eigenvalue weighted by atomic mass is 10.1. The van der Waals surface area contributed by atoms with E-state index in [0.717, 1.165) is 0 Å². The maximum absolute atomic E-state index is 13.6. The smallest absolute Gasteiger partial charge is 0.261 e. The van der Waals surface area contributed by atoms with Gasteiger partial charge in [-0.1, -0.05) is 17.7 Å². The van der Waals surface area contributed by atoms with Crippen molar-refractivity contribution in [3.05, 3.63) is 52.8 Å². The van der Waals surface area contributed by atoms with Gasteiger partial charge < -0.3 is 15.8 Å². The van der Waals surface area contributed by atoms with Crippen molar-refractivity contribution in [2.75, 3.05) is 18.2 Å². The summed E-state index contributed by atoms with van der Waals surface area (Å²) in [6, 6.07) is 8.70. The van der Waals surface area contributed by atoms with Crippen LogP contribution in [0, 0.1) is 5.82 Å². The Hall–Kier alpha value is -2.27. The third-order valence-electron chi connectivity index (χ3n) is 2.68. The van der Waals surface area contributed by atoms with Gasteiger partial charge in [-0.2, -0.15) is 0 Å².